The van der Waals surface area contributed by atoms with E-state index in [9.17, 15) is 0 Å². The third-order valence-corrected chi connectivity index (χ3v) is 3.02. The Labute approximate surface area is 119 Å². The van der Waals surface area contributed by atoms with Gasteiger partial charge in [0.25, 0.3) is 0 Å². The van der Waals surface area contributed by atoms with Gasteiger partial charge in [-0.05, 0) is 35.4 Å². The van der Waals surface area contributed by atoms with E-state index in [0.29, 0.717) is 10.7 Å². The van der Waals surface area contributed by atoms with Gasteiger partial charge in [0.1, 0.15) is 0 Å². The van der Waals surface area contributed by atoms with Crippen molar-refractivity contribution in [2.24, 2.45) is 0 Å². The number of nitrogens with one attached hydrogen (secondary N) is 2. The summed E-state index contributed by atoms with van der Waals surface area (Å²) in [6, 6.07) is 9.15. The lowest BCUT2D eigenvalue weighted by atomic mass is 10.1. The van der Waals surface area contributed by atoms with Crippen LogP contribution < -0.4 is 11.0 Å². The fourth-order valence-electron chi connectivity index (χ4n) is 1.73. The van der Waals surface area contributed by atoms with Crippen LogP contribution in [0.5, 0.6) is 0 Å². The highest BCUT2D eigenvalue weighted by Gasteiger charge is 2.10. The maximum atomic E-state index is 5.88. The van der Waals surface area contributed by atoms with Gasteiger partial charge in [-0.25, -0.2) is 9.97 Å². The Kier molecular flexibility index (Phi) is 3.25. The summed E-state index contributed by atoms with van der Waals surface area (Å²) in [5, 5.41) is 0.865. The van der Waals surface area contributed by atoms with Gasteiger partial charge in [0.2, 0.25) is 5.28 Å². The van der Waals surface area contributed by atoms with E-state index < -0.39 is 0 Å². The van der Waals surface area contributed by atoms with Crippen molar-refractivity contribution >= 4 is 34.6 Å². The second-order valence-corrected chi connectivity index (χ2v) is 4.56. The molecule has 19 heavy (non-hydrogen) atoms. The minimum Gasteiger partial charge on any atom is -0.602 e. The molecule has 5 nitrogen and oxygen atoms in total. The van der Waals surface area contributed by atoms with E-state index in [2.05, 4.69) is 26.4 Å². The van der Waals surface area contributed by atoms with Crippen LogP contribution >= 0.6 is 23.2 Å². The monoisotopic (exact) mass is 292 g/mol. The number of rotatable bonds is 2. The Morgan fingerprint density at radius 3 is 2.58 bits per heavy atom. The number of hydrogen-bond donors (Lipinski definition) is 2. The van der Waals surface area contributed by atoms with Gasteiger partial charge in [0, 0.05) is 11.2 Å². The summed E-state index contributed by atoms with van der Waals surface area (Å²) in [5.41, 5.74) is 12.9. The number of benzene rings is 1. The van der Waals surface area contributed by atoms with Crippen LogP contribution in [0.4, 0.5) is 0 Å². The van der Waals surface area contributed by atoms with Crippen molar-refractivity contribution in [2.75, 3.05) is 0 Å². The molecule has 1 aliphatic heterocycles. The lowest BCUT2D eigenvalue weighted by Crippen LogP contribution is -2.19. The molecule has 96 valence electrons. The Bertz CT molecular complexity index is 639. The summed E-state index contributed by atoms with van der Waals surface area (Å²) in [5.74, 6) is 0. The van der Waals surface area contributed by atoms with E-state index in [1.54, 1.807) is 12.3 Å². The SMILES string of the molecule is Clc1ccc(C2=C(c3ccnc(Cl)n3)NN[N-]2)cc1. The molecule has 0 atom stereocenters. The first kappa shape index (κ1) is 12.2. The molecule has 0 aliphatic carbocycles. The van der Waals surface area contributed by atoms with E-state index in [4.69, 9.17) is 23.2 Å². The molecule has 2 heterocycles. The van der Waals surface area contributed by atoms with Gasteiger partial charge >= 0.3 is 0 Å². The first-order chi connectivity index (χ1) is 9.24. The highest BCUT2D eigenvalue weighted by Crippen LogP contribution is 2.30. The molecule has 0 bridgehead atoms. The van der Waals surface area contributed by atoms with E-state index in [1.165, 1.54) is 0 Å². The van der Waals surface area contributed by atoms with Gasteiger partial charge in [-0.3, -0.25) is 0 Å². The number of halogens is 2. The normalized spacial score (nSPS) is 14.2. The van der Waals surface area contributed by atoms with Crippen LogP contribution in [-0.4, -0.2) is 9.97 Å². The Balaban J connectivity index is 2.07. The summed E-state index contributed by atoms with van der Waals surface area (Å²) in [4.78, 5) is 8.01. The zero-order chi connectivity index (χ0) is 13.2. The number of hydrogen-bond acceptors (Lipinski definition) is 4. The Morgan fingerprint density at radius 2 is 1.84 bits per heavy atom. The van der Waals surface area contributed by atoms with Gasteiger partial charge in [0.05, 0.1) is 11.4 Å². The zero-order valence-electron chi connectivity index (χ0n) is 9.56. The molecule has 1 aromatic carbocycles. The average Bonchev–Trinajstić information content (AvgIpc) is 2.89. The van der Waals surface area contributed by atoms with Crippen LogP contribution in [-0.2, 0) is 0 Å². The molecule has 7 heteroatoms. The fraction of sp³-hybridized carbons (Fsp3) is 0. The predicted octanol–water partition coefficient (Wildman–Crippen LogP) is 3.01. The Hall–Kier alpha value is -1.82. The zero-order valence-corrected chi connectivity index (χ0v) is 11.1. The summed E-state index contributed by atoms with van der Waals surface area (Å²) < 4.78 is 0. The van der Waals surface area contributed by atoms with Crippen LogP contribution in [0.3, 0.4) is 0 Å². The lowest BCUT2D eigenvalue weighted by Gasteiger charge is -2.17. The largest absolute Gasteiger partial charge is 0.602 e. The fourth-order valence-corrected chi connectivity index (χ4v) is 2.00. The van der Waals surface area contributed by atoms with Crippen molar-refractivity contribution in [2.45, 2.75) is 0 Å². The first-order valence-corrected chi connectivity index (χ1v) is 6.20. The molecule has 3 rings (SSSR count). The molecule has 0 unspecified atom stereocenters. The molecule has 0 spiro atoms. The van der Waals surface area contributed by atoms with E-state index in [-0.39, 0.29) is 5.28 Å². The number of aromatic nitrogens is 2. The maximum absolute atomic E-state index is 5.88. The Morgan fingerprint density at radius 1 is 1.05 bits per heavy atom. The topological polar surface area (TPSA) is 63.9 Å². The summed E-state index contributed by atoms with van der Waals surface area (Å²) in [6.45, 7) is 0. The van der Waals surface area contributed by atoms with Gasteiger partial charge in [-0.1, -0.05) is 29.4 Å². The standard InChI is InChI=1S/C12H8Cl2N5/c13-8-3-1-7(2-4-8)10-11(18-19-17-10)9-5-6-15-12(14)16-9/h1-6,18-19H/q-1. The van der Waals surface area contributed by atoms with Crippen molar-refractivity contribution in [3.05, 3.63) is 63.5 Å². The molecular weight excluding hydrogens is 285 g/mol. The quantitative estimate of drug-likeness (QED) is 0.835. The molecule has 0 saturated carbocycles. The van der Waals surface area contributed by atoms with Crippen molar-refractivity contribution in [3.8, 4) is 0 Å². The van der Waals surface area contributed by atoms with Gasteiger partial charge in [-0.15, -0.1) is 0 Å². The maximum Gasteiger partial charge on any atom is 0.222 e. The van der Waals surface area contributed by atoms with Gasteiger partial charge in [-0.2, -0.15) is 0 Å². The van der Waals surface area contributed by atoms with Crippen molar-refractivity contribution in [3.63, 3.8) is 0 Å². The van der Waals surface area contributed by atoms with Crippen molar-refractivity contribution < 1.29 is 0 Å². The van der Waals surface area contributed by atoms with Crippen LogP contribution in [0.25, 0.3) is 16.8 Å². The highest BCUT2D eigenvalue weighted by atomic mass is 35.5. The summed E-state index contributed by atoms with van der Waals surface area (Å²) >= 11 is 11.7. The molecule has 0 saturated heterocycles. The van der Waals surface area contributed by atoms with E-state index in [1.807, 2.05) is 24.3 Å². The lowest BCUT2D eigenvalue weighted by molar-refractivity contribution is 0.802. The highest BCUT2D eigenvalue weighted by molar-refractivity contribution is 6.30. The first-order valence-electron chi connectivity index (χ1n) is 5.45. The smallest absolute Gasteiger partial charge is 0.222 e. The molecule has 2 aromatic rings. The summed E-state index contributed by atoms with van der Waals surface area (Å²) in [6.07, 6.45) is 1.59. The molecule has 1 aromatic heterocycles. The molecule has 0 amide bonds. The minimum atomic E-state index is 0.189. The third kappa shape index (κ3) is 2.49. The van der Waals surface area contributed by atoms with E-state index in [0.717, 1.165) is 17.0 Å². The second kappa shape index (κ2) is 5.05. The van der Waals surface area contributed by atoms with Gasteiger partial charge < -0.3 is 16.4 Å². The van der Waals surface area contributed by atoms with Crippen molar-refractivity contribution in [1.82, 2.24) is 20.9 Å². The van der Waals surface area contributed by atoms with E-state index >= 15 is 0 Å². The number of nitrogens with zero attached hydrogens (tertiary/aromatic N) is 3. The van der Waals surface area contributed by atoms with Crippen LogP contribution in [0.1, 0.15) is 11.3 Å². The predicted molar refractivity (Wildman–Crippen MR) is 74.9 cm³/mol. The number of hydrazine groups is 1. The van der Waals surface area contributed by atoms with Crippen LogP contribution in [0.15, 0.2) is 36.5 Å². The van der Waals surface area contributed by atoms with Crippen LogP contribution in [0, 0.1) is 0 Å². The van der Waals surface area contributed by atoms with Crippen LogP contribution in [0.2, 0.25) is 10.3 Å². The third-order valence-electron chi connectivity index (χ3n) is 2.59. The average molecular weight is 293 g/mol. The van der Waals surface area contributed by atoms with Gasteiger partial charge in [0.15, 0.2) is 0 Å². The second-order valence-electron chi connectivity index (χ2n) is 3.79. The molecule has 1 aliphatic rings. The summed E-state index contributed by atoms with van der Waals surface area (Å²) in [7, 11) is 0. The molecular formula is C12H8Cl2N5-. The molecule has 0 fully saturated rings. The minimum absolute atomic E-state index is 0.189. The molecule has 2 N–H and O–H groups in total. The molecule has 0 radical (unpaired) electrons. The van der Waals surface area contributed by atoms with Crippen molar-refractivity contribution in [1.29, 1.82) is 0 Å².